The summed E-state index contributed by atoms with van der Waals surface area (Å²) in [6.45, 7) is 1.78. The number of rotatable bonds is 3. The van der Waals surface area contributed by atoms with Crippen LogP contribution in [0.3, 0.4) is 0 Å². The number of pyridine rings is 1. The Balaban J connectivity index is 2.41. The number of esters is 1. The average molecular weight is 244 g/mol. The van der Waals surface area contributed by atoms with Crippen molar-refractivity contribution >= 4 is 21.9 Å². The molecule has 70 valence electrons. The first-order chi connectivity index (χ1) is 6.18. The minimum Gasteiger partial charge on any atom is -0.465 e. The highest BCUT2D eigenvalue weighted by molar-refractivity contribution is 9.10. The van der Waals surface area contributed by atoms with Gasteiger partial charge < -0.3 is 4.74 Å². The zero-order valence-corrected chi connectivity index (χ0v) is 8.87. The van der Waals surface area contributed by atoms with Crippen LogP contribution in [0.5, 0.6) is 0 Å². The Labute approximate surface area is 85.3 Å². The molecule has 0 aliphatic carbocycles. The van der Waals surface area contributed by atoms with Gasteiger partial charge >= 0.3 is 5.97 Å². The minimum atomic E-state index is -0.255. The van der Waals surface area contributed by atoms with E-state index in [9.17, 15) is 4.79 Å². The first kappa shape index (κ1) is 10.2. The number of carbonyl (C=O) groups excluding carboxylic acids is 1. The number of hydrogen-bond acceptors (Lipinski definition) is 3. The molecule has 0 aromatic carbocycles. The summed E-state index contributed by atoms with van der Waals surface area (Å²) < 4.78 is 5.78. The van der Waals surface area contributed by atoms with Crippen molar-refractivity contribution in [2.75, 3.05) is 6.61 Å². The molecule has 13 heavy (non-hydrogen) atoms. The third-order valence-corrected chi connectivity index (χ3v) is 1.94. The van der Waals surface area contributed by atoms with Crippen LogP contribution in [0, 0.1) is 0 Å². The maximum atomic E-state index is 10.4. The second-order valence-corrected chi connectivity index (χ2v) is 3.47. The van der Waals surface area contributed by atoms with E-state index in [1.54, 1.807) is 6.20 Å². The topological polar surface area (TPSA) is 39.2 Å². The van der Waals surface area contributed by atoms with Crippen LogP contribution >= 0.6 is 15.9 Å². The summed E-state index contributed by atoms with van der Waals surface area (Å²) in [5.41, 5.74) is 0.913. The summed E-state index contributed by atoms with van der Waals surface area (Å²) >= 11 is 3.34. The Hall–Kier alpha value is -0.900. The molecule has 1 aromatic heterocycles. The van der Waals surface area contributed by atoms with Gasteiger partial charge in [-0.05, 0) is 12.1 Å². The number of aromatic nitrogens is 1. The molecule has 0 fully saturated rings. The van der Waals surface area contributed by atoms with Crippen LogP contribution in [0.1, 0.15) is 12.6 Å². The Morgan fingerprint density at radius 1 is 1.69 bits per heavy atom. The van der Waals surface area contributed by atoms with E-state index in [0.717, 1.165) is 10.2 Å². The maximum absolute atomic E-state index is 10.4. The van der Waals surface area contributed by atoms with Gasteiger partial charge in [0.2, 0.25) is 0 Å². The Bertz CT molecular complexity index is 301. The fourth-order valence-corrected chi connectivity index (χ4v) is 1.27. The Morgan fingerprint density at radius 3 is 3.08 bits per heavy atom. The number of halogens is 1. The Morgan fingerprint density at radius 2 is 2.46 bits per heavy atom. The third kappa shape index (κ3) is 4.03. The quantitative estimate of drug-likeness (QED) is 0.763. The molecular formula is C9H10BrNO2. The second-order valence-electron chi connectivity index (χ2n) is 2.56. The standard InChI is InChI=1S/C9H10BrNO2/c1-7(12)13-5-3-9-6-8(10)2-4-11-9/h2,4,6H,3,5H2,1H3. The number of ether oxygens (including phenoxy) is 1. The highest BCUT2D eigenvalue weighted by Gasteiger charge is 1.97. The molecule has 0 aliphatic rings. The van der Waals surface area contributed by atoms with Gasteiger partial charge in [0.05, 0.1) is 6.61 Å². The molecule has 0 N–H and O–H groups in total. The molecule has 0 bridgehead atoms. The van der Waals surface area contributed by atoms with E-state index in [1.165, 1.54) is 6.92 Å². The molecule has 3 nitrogen and oxygen atoms in total. The third-order valence-electron chi connectivity index (χ3n) is 1.44. The van der Waals surface area contributed by atoms with Crippen molar-refractivity contribution < 1.29 is 9.53 Å². The first-order valence-electron chi connectivity index (χ1n) is 3.92. The zero-order chi connectivity index (χ0) is 9.68. The van der Waals surface area contributed by atoms with Crippen molar-refractivity contribution in [1.29, 1.82) is 0 Å². The van der Waals surface area contributed by atoms with Crippen molar-refractivity contribution in [3.05, 3.63) is 28.5 Å². The average Bonchev–Trinajstić information content (AvgIpc) is 2.03. The molecule has 1 rings (SSSR count). The van der Waals surface area contributed by atoms with Crippen molar-refractivity contribution in [3.63, 3.8) is 0 Å². The number of hydrogen-bond donors (Lipinski definition) is 0. The minimum absolute atomic E-state index is 0.255. The number of nitrogens with zero attached hydrogens (tertiary/aromatic N) is 1. The predicted molar refractivity (Wildman–Crippen MR) is 52.3 cm³/mol. The van der Waals surface area contributed by atoms with E-state index in [-0.39, 0.29) is 5.97 Å². The zero-order valence-electron chi connectivity index (χ0n) is 7.29. The van der Waals surface area contributed by atoms with Gasteiger partial charge in [-0.2, -0.15) is 0 Å². The van der Waals surface area contributed by atoms with Crippen molar-refractivity contribution in [2.45, 2.75) is 13.3 Å². The monoisotopic (exact) mass is 243 g/mol. The molecule has 0 unspecified atom stereocenters. The van der Waals surface area contributed by atoms with Crippen molar-refractivity contribution in [1.82, 2.24) is 4.98 Å². The normalized spacial score (nSPS) is 9.69. The van der Waals surface area contributed by atoms with E-state index in [0.29, 0.717) is 13.0 Å². The second kappa shape index (κ2) is 4.97. The first-order valence-corrected chi connectivity index (χ1v) is 4.71. The van der Waals surface area contributed by atoms with E-state index in [4.69, 9.17) is 4.74 Å². The fraction of sp³-hybridized carbons (Fsp3) is 0.333. The molecule has 0 saturated heterocycles. The van der Waals surface area contributed by atoms with Gasteiger partial charge in [-0.25, -0.2) is 0 Å². The molecular weight excluding hydrogens is 234 g/mol. The molecule has 0 spiro atoms. The van der Waals surface area contributed by atoms with Crippen LogP contribution in [0.25, 0.3) is 0 Å². The summed E-state index contributed by atoms with van der Waals surface area (Å²) in [5, 5.41) is 0. The van der Waals surface area contributed by atoms with Gasteiger partial charge in [0.25, 0.3) is 0 Å². The highest BCUT2D eigenvalue weighted by Crippen LogP contribution is 2.09. The van der Waals surface area contributed by atoms with Gasteiger partial charge in [0.15, 0.2) is 0 Å². The molecule has 1 heterocycles. The van der Waals surface area contributed by atoms with Gasteiger partial charge in [-0.15, -0.1) is 0 Å². The molecule has 0 radical (unpaired) electrons. The van der Waals surface area contributed by atoms with Crippen LogP contribution in [0.4, 0.5) is 0 Å². The molecule has 1 aromatic rings. The summed E-state index contributed by atoms with van der Waals surface area (Å²) in [7, 11) is 0. The van der Waals surface area contributed by atoms with Gasteiger partial charge in [0, 0.05) is 29.7 Å². The lowest BCUT2D eigenvalue weighted by molar-refractivity contribution is -0.140. The van der Waals surface area contributed by atoms with Crippen LogP contribution in [0.15, 0.2) is 22.8 Å². The molecule has 0 atom stereocenters. The van der Waals surface area contributed by atoms with E-state index >= 15 is 0 Å². The largest absolute Gasteiger partial charge is 0.465 e. The molecule has 0 amide bonds. The lowest BCUT2D eigenvalue weighted by atomic mass is 10.3. The lowest BCUT2D eigenvalue weighted by Crippen LogP contribution is -2.04. The maximum Gasteiger partial charge on any atom is 0.302 e. The smallest absolute Gasteiger partial charge is 0.302 e. The predicted octanol–water partition coefficient (Wildman–Crippen LogP) is 1.95. The van der Waals surface area contributed by atoms with Crippen LogP contribution in [0.2, 0.25) is 0 Å². The fourth-order valence-electron chi connectivity index (χ4n) is 0.885. The van der Waals surface area contributed by atoms with E-state index < -0.39 is 0 Å². The van der Waals surface area contributed by atoms with E-state index in [1.807, 2.05) is 12.1 Å². The van der Waals surface area contributed by atoms with Gasteiger partial charge in [-0.1, -0.05) is 15.9 Å². The molecule has 4 heteroatoms. The van der Waals surface area contributed by atoms with Crippen molar-refractivity contribution in [2.24, 2.45) is 0 Å². The summed E-state index contributed by atoms with van der Waals surface area (Å²) in [6, 6.07) is 3.76. The van der Waals surface area contributed by atoms with Crippen LogP contribution < -0.4 is 0 Å². The highest BCUT2D eigenvalue weighted by atomic mass is 79.9. The molecule has 0 aliphatic heterocycles. The summed E-state index contributed by atoms with van der Waals surface area (Å²) in [4.78, 5) is 14.6. The lowest BCUT2D eigenvalue weighted by Gasteiger charge is -2.01. The van der Waals surface area contributed by atoms with Crippen molar-refractivity contribution in [3.8, 4) is 0 Å². The van der Waals surface area contributed by atoms with Gasteiger partial charge in [-0.3, -0.25) is 9.78 Å². The summed E-state index contributed by atoms with van der Waals surface area (Å²) in [6.07, 6.45) is 2.37. The molecule has 0 saturated carbocycles. The van der Waals surface area contributed by atoms with Crippen LogP contribution in [-0.4, -0.2) is 17.6 Å². The SMILES string of the molecule is CC(=O)OCCc1cc(Br)ccn1. The number of carbonyl (C=O) groups is 1. The van der Waals surface area contributed by atoms with E-state index in [2.05, 4.69) is 20.9 Å². The van der Waals surface area contributed by atoms with Gasteiger partial charge in [0.1, 0.15) is 0 Å². The Kier molecular flexibility index (Phi) is 3.89. The summed E-state index contributed by atoms with van der Waals surface area (Å²) in [5.74, 6) is -0.255. The van der Waals surface area contributed by atoms with Crippen LogP contribution in [-0.2, 0) is 16.0 Å².